The van der Waals surface area contributed by atoms with Crippen LogP contribution in [0.5, 0.6) is 0 Å². The van der Waals surface area contributed by atoms with Crippen LogP contribution < -0.4 is 0 Å². The van der Waals surface area contributed by atoms with Crippen LogP contribution in [0.1, 0.15) is 26.2 Å². The Morgan fingerprint density at radius 1 is 1.45 bits per heavy atom. The predicted molar refractivity (Wildman–Crippen MR) is 47.7 cm³/mol. The second-order valence-electron chi connectivity index (χ2n) is 2.24. The summed E-state index contributed by atoms with van der Waals surface area (Å²) >= 11 is 1.73. The monoisotopic (exact) mass is 278 g/mol. The van der Waals surface area contributed by atoms with Crippen molar-refractivity contribution in [1.29, 1.82) is 0 Å². The molecule has 0 atom stereocenters. The first-order valence-electron chi connectivity index (χ1n) is 3.39. The summed E-state index contributed by atoms with van der Waals surface area (Å²) in [5.41, 5.74) is 0. The maximum atomic E-state index is 11.7. The molecule has 0 saturated carbocycles. The minimum absolute atomic E-state index is 0.364. The molecule has 0 unspecified atom stereocenters. The molecule has 0 aromatic rings. The zero-order chi connectivity index (χ0) is 8.91. The van der Waals surface area contributed by atoms with Crippen LogP contribution in [-0.4, -0.2) is 6.18 Å². The fourth-order valence-electron chi connectivity index (χ4n) is 0.595. The Morgan fingerprint density at radius 2 is 2.00 bits per heavy atom. The summed E-state index contributed by atoms with van der Waals surface area (Å²) in [6, 6.07) is 0. The summed E-state index contributed by atoms with van der Waals surface area (Å²) in [4.78, 5) is 0. The van der Waals surface area contributed by atoms with E-state index < -0.39 is 6.18 Å². The molecule has 0 heterocycles. The van der Waals surface area contributed by atoms with Gasteiger partial charge in [-0.15, -0.1) is 0 Å². The van der Waals surface area contributed by atoms with Gasteiger partial charge in [-0.05, 0) is 39.0 Å². The molecule has 0 aliphatic heterocycles. The van der Waals surface area contributed by atoms with E-state index in [0.717, 1.165) is 12.8 Å². The minimum atomic E-state index is -4.15. The zero-order valence-electron chi connectivity index (χ0n) is 6.21. The van der Waals surface area contributed by atoms with E-state index in [1.807, 2.05) is 6.92 Å². The lowest BCUT2D eigenvalue weighted by Crippen LogP contribution is -2.01. The van der Waals surface area contributed by atoms with Crippen molar-refractivity contribution in [2.45, 2.75) is 32.4 Å². The van der Waals surface area contributed by atoms with Crippen LogP contribution in [0.3, 0.4) is 0 Å². The highest BCUT2D eigenvalue weighted by atomic mass is 127. The van der Waals surface area contributed by atoms with Gasteiger partial charge >= 0.3 is 6.18 Å². The van der Waals surface area contributed by atoms with Crippen LogP contribution >= 0.6 is 22.6 Å². The zero-order valence-corrected chi connectivity index (χ0v) is 8.37. The smallest absolute Gasteiger partial charge is 0.167 e. The van der Waals surface area contributed by atoms with Crippen molar-refractivity contribution in [2.75, 3.05) is 0 Å². The number of halogens is 4. The van der Waals surface area contributed by atoms with Gasteiger partial charge in [0.05, 0.1) is 0 Å². The van der Waals surface area contributed by atoms with E-state index in [2.05, 4.69) is 0 Å². The summed E-state index contributed by atoms with van der Waals surface area (Å²) < 4.78 is 35.3. The van der Waals surface area contributed by atoms with Crippen molar-refractivity contribution in [3.05, 3.63) is 9.66 Å². The van der Waals surface area contributed by atoms with Crippen LogP contribution in [0.25, 0.3) is 0 Å². The quantitative estimate of drug-likeness (QED) is 0.683. The molecule has 0 bridgehead atoms. The predicted octanol–water partition coefficient (Wildman–Crippen LogP) is 4.06. The first-order chi connectivity index (χ1) is 4.95. The van der Waals surface area contributed by atoms with Crippen molar-refractivity contribution in [3.8, 4) is 0 Å². The highest BCUT2D eigenvalue weighted by Crippen LogP contribution is 2.24. The average molecular weight is 278 g/mol. The van der Waals surface area contributed by atoms with Crippen molar-refractivity contribution < 1.29 is 13.2 Å². The third kappa shape index (κ3) is 8.16. The van der Waals surface area contributed by atoms with Crippen molar-refractivity contribution >= 4 is 22.6 Å². The molecule has 0 rings (SSSR count). The molecule has 0 aliphatic rings. The number of alkyl halides is 3. The van der Waals surface area contributed by atoms with Crippen molar-refractivity contribution in [2.24, 2.45) is 0 Å². The van der Waals surface area contributed by atoms with E-state index in [4.69, 9.17) is 0 Å². The lowest BCUT2D eigenvalue weighted by Gasteiger charge is -2.01. The van der Waals surface area contributed by atoms with Gasteiger partial charge in [0.1, 0.15) is 0 Å². The molecule has 0 spiro atoms. The molecule has 4 heteroatoms. The van der Waals surface area contributed by atoms with Gasteiger partial charge in [-0.1, -0.05) is 13.3 Å². The summed E-state index contributed by atoms with van der Waals surface area (Å²) in [5, 5.41) is 0. The topological polar surface area (TPSA) is 0 Å². The van der Waals surface area contributed by atoms with Gasteiger partial charge in [0.2, 0.25) is 0 Å². The lowest BCUT2D eigenvalue weighted by atomic mass is 10.2. The summed E-state index contributed by atoms with van der Waals surface area (Å²) in [7, 11) is 0. The summed E-state index contributed by atoms with van der Waals surface area (Å²) in [6.45, 7) is 1.96. The van der Waals surface area contributed by atoms with E-state index in [1.165, 1.54) is 0 Å². The first-order valence-corrected chi connectivity index (χ1v) is 4.47. The molecular formula is C7H10F3I. The van der Waals surface area contributed by atoms with Crippen LogP contribution in [0.15, 0.2) is 9.66 Å². The third-order valence-electron chi connectivity index (χ3n) is 1.09. The van der Waals surface area contributed by atoms with E-state index >= 15 is 0 Å². The second kappa shape index (κ2) is 5.00. The van der Waals surface area contributed by atoms with E-state index in [9.17, 15) is 13.2 Å². The van der Waals surface area contributed by atoms with Crippen LogP contribution in [-0.2, 0) is 0 Å². The number of allylic oxidation sites excluding steroid dienone is 2. The highest BCUT2D eigenvalue weighted by Gasteiger charge is 2.23. The summed E-state index contributed by atoms with van der Waals surface area (Å²) in [5.74, 6) is 0. The highest BCUT2D eigenvalue weighted by molar-refractivity contribution is 14.1. The van der Waals surface area contributed by atoms with Gasteiger partial charge in [-0.3, -0.25) is 0 Å². The molecule has 66 valence electrons. The van der Waals surface area contributed by atoms with Gasteiger partial charge in [0, 0.05) is 6.08 Å². The Kier molecular flexibility index (Phi) is 5.12. The van der Waals surface area contributed by atoms with Crippen LogP contribution in [0.4, 0.5) is 13.2 Å². The maximum Gasteiger partial charge on any atom is 0.410 e. The third-order valence-corrected chi connectivity index (χ3v) is 1.94. The Labute approximate surface area is 78.0 Å². The van der Waals surface area contributed by atoms with Crippen LogP contribution in [0.2, 0.25) is 0 Å². The second-order valence-corrected chi connectivity index (χ2v) is 3.62. The molecule has 0 aromatic heterocycles. The number of unbranched alkanes of at least 4 members (excludes halogenated alkanes) is 1. The Morgan fingerprint density at radius 3 is 2.36 bits per heavy atom. The average Bonchev–Trinajstić information content (AvgIpc) is 1.79. The molecule has 0 nitrogen and oxygen atoms in total. The summed E-state index contributed by atoms with van der Waals surface area (Å²) in [6.07, 6.45) is -1.49. The number of hydrogen-bond donors (Lipinski definition) is 0. The van der Waals surface area contributed by atoms with Crippen LogP contribution in [0, 0.1) is 0 Å². The molecular weight excluding hydrogens is 268 g/mol. The first kappa shape index (κ1) is 11.3. The van der Waals surface area contributed by atoms with Gasteiger partial charge in [-0.25, -0.2) is 0 Å². The van der Waals surface area contributed by atoms with Gasteiger partial charge < -0.3 is 0 Å². The standard InChI is InChI=1S/C7H10F3I/c1-2-3-4-6(11)5-7(8,9)10/h5H,2-4H2,1H3. The maximum absolute atomic E-state index is 11.7. The minimum Gasteiger partial charge on any atom is -0.167 e. The normalized spacial score (nSPS) is 13.7. The number of hydrogen-bond acceptors (Lipinski definition) is 0. The molecule has 0 aromatic carbocycles. The van der Waals surface area contributed by atoms with E-state index in [0.29, 0.717) is 16.1 Å². The molecule has 0 fully saturated rings. The Hall–Kier alpha value is 0.260. The Balaban J connectivity index is 3.81. The van der Waals surface area contributed by atoms with Crippen molar-refractivity contribution in [1.82, 2.24) is 0 Å². The molecule has 0 radical (unpaired) electrons. The SMILES string of the molecule is CCCCC(I)=CC(F)(F)F. The van der Waals surface area contributed by atoms with Gasteiger partial charge in [0.25, 0.3) is 0 Å². The lowest BCUT2D eigenvalue weighted by molar-refractivity contribution is -0.0801. The number of rotatable bonds is 3. The fourth-order valence-corrected chi connectivity index (χ4v) is 1.33. The molecule has 0 aliphatic carbocycles. The Bertz CT molecular complexity index is 137. The van der Waals surface area contributed by atoms with E-state index in [1.54, 1.807) is 22.6 Å². The largest absolute Gasteiger partial charge is 0.410 e. The van der Waals surface area contributed by atoms with E-state index in [-0.39, 0.29) is 0 Å². The van der Waals surface area contributed by atoms with Crippen molar-refractivity contribution in [3.63, 3.8) is 0 Å². The molecule has 0 N–H and O–H groups in total. The van der Waals surface area contributed by atoms with Gasteiger partial charge in [-0.2, -0.15) is 13.2 Å². The molecule has 0 amide bonds. The molecule has 11 heavy (non-hydrogen) atoms. The molecule has 0 saturated heterocycles. The van der Waals surface area contributed by atoms with Gasteiger partial charge in [0.15, 0.2) is 0 Å². The fraction of sp³-hybridized carbons (Fsp3) is 0.714.